The smallest absolute Gasteiger partial charge is 0.266 e. The fraction of sp³-hybridized carbons (Fsp3) is 0.0526. The fourth-order valence-electron chi connectivity index (χ4n) is 2.89. The molecular weight excluding hydrogens is 336 g/mol. The topological polar surface area (TPSA) is 69.0 Å². The standard InChI is InChI=1S/C19H14N2O3S/c1-13-19(22)21(18-9-5-4-8-17(18)20-13)25(23,24)16-11-10-14-6-2-3-7-15(14)12-16/h2-12H,1H3. The number of hydrogen-bond acceptors (Lipinski definition) is 4. The first-order valence-corrected chi connectivity index (χ1v) is 9.15. The molecule has 0 saturated heterocycles. The number of aryl methyl sites for hydroxylation is 1. The molecule has 0 bridgehead atoms. The zero-order valence-electron chi connectivity index (χ0n) is 13.4. The van der Waals surface area contributed by atoms with Crippen LogP contribution in [0.1, 0.15) is 5.69 Å². The molecule has 25 heavy (non-hydrogen) atoms. The van der Waals surface area contributed by atoms with Crippen molar-refractivity contribution in [1.82, 2.24) is 8.96 Å². The third-order valence-electron chi connectivity index (χ3n) is 4.14. The van der Waals surface area contributed by atoms with Gasteiger partial charge in [-0.2, -0.15) is 3.97 Å². The highest BCUT2D eigenvalue weighted by molar-refractivity contribution is 7.90. The maximum absolute atomic E-state index is 13.2. The molecule has 0 amide bonds. The van der Waals surface area contributed by atoms with Crippen molar-refractivity contribution in [2.75, 3.05) is 0 Å². The summed E-state index contributed by atoms with van der Waals surface area (Å²) in [4.78, 5) is 16.9. The van der Waals surface area contributed by atoms with Gasteiger partial charge in [0.05, 0.1) is 15.9 Å². The van der Waals surface area contributed by atoms with Gasteiger partial charge in [0.1, 0.15) is 5.69 Å². The Morgan fingerprint density at radius 2 is 1.56 bits per heavy atom. The molecule has 0 N–H and O–H groups in total. The molecule has 0 atom stereocenters. The van der Waals surface area contributed by atoms with Crippen LogP contribution in [0, 0.1) is 6.92 Å². The summed E-state index contributed by atoms with van der Waals surface area (Å²) in [7, 11) is -4.05. The predicted molar refractivity (Wildman–Crippen MR) is 97.3 cm³/mol. The third kappa shape index (κ3) is 2.42. The van der Waals surface area contributed by atoms with Crippen LogP contribution in [0.4, 0.5) is 0 Å². The van der Waals surface area contributed by atoms with Crippen molar-refractivity contribution in [3.63, 3.8) is 0 Å². The van der Waals surface area contributed by atoms with Crippen LogP contribution in [0.25, 0.3) is 21.8 Å². The van der Waals surface area contributed by atoms with Crippen LogP contribution in [0.5, 0.6) is 0 Å². The number of hydrogen-bond donors (Lipinski definition) is 0. The van der Waals surface area contributed by atoms with Crippen molar-refractivity contribution >= 4 is 31.8 Å². The lowest BCUT2D eigenvalue weighted by molar-refractivity contribution is 0.587. The van der Waals surface area contributed by atoms with Gasteiger partial charge in [0, 0.05) is 0 Å². The molecule has 0 aliphatic rings. The van der Waals surface area contributed by atoms with E-state index in [2.05, 4.69) is 4.98 Å². The minimum absolute atomic E-state index is 0.0732. The Balaban J connectivity index is 2.07. The van der Waals surface area contributed by atoms with Gasteiger partial charge in [-0.1, -0.05) is 42.5 Å². The summed E-state index contributed by atoms with van der Waals surface area (Å²) in [5.74, 6) is 0. The molecule has 5 nitrogen and oxygen atoms in total. The second-order valence-electron chi connectivity index (χ2n) is 5.77. The lowest BCUT2D eigenvalue weighted by atomic mass is 10.1. The Hall–Kier alpha value is -2.99. The summed E-state index contributed by atoms with van der Waals surface area (Å²) in [6.45, 7) is 1.52. The summed E-state index contributed by atoms with van der Waals surface area (Å²) in [5.41, 5.74) is 0.241. The van der Waals surface area contributed by atoms with Gasteiger partial charge >= 0.3 is 0 Å². The quantitative estimate of drug-likeness (QED) is 0.557. The molecule has 1 heterocycles. The van der Waals surface area contributed by atoms with Gasteiger partial charge in [0.25, 0.3) is 15.6 Å². The van der Waals surface area contributed by atoms with E-state index in [-0.39, 0.29) is 16.1 Å². The summed E-state index contributed by atoms with van der Waals surface area (Å²) >= 11 is 0. The highest BCUT2D eigenvalue weighted by atomic mass is 32.2. The van der Waals surface area contributed by atoms with E-state index in [4.69, 9.17) is 0 Å². The molecule has 3 aromatic carbocycles. The summed E-state index contributed by atoms with van der Waals surface area (Å²) in [6.07, 6.45) is 0. The fourth-order valence-corrected chi connectivity index (χ4v) is 4.38. The number of rotatable bonds is 2. The molecule has 4 aromatic rings. The van der Waals surface area contributed by atoms with E-state index in [9.17, 15) is 13.2 Å². The van der Waals surface area contributed by atoms with Crippen LogP contribution >= 0.6 is 0 Å². The lowest BCUT2D eigenvalue weighted by Crippen LogP contribution is -2.30. The highest BCUT2D eigenvalue weighted by Gasteiger charge is 2.22. The first kappa shape index (κ1) is 15.5. The van der Waals surface area contributed by atoms with Crippen LogP contribution in [-0.2, 0) is 10.0 Å². The number of aromatic nitrogens is 2. The van der Waals surface area contributed by atoms with E-state index in [0.29, 0.717) is 5.52 Å². The van der Waals surface area contributed by atoms with Crippen LogP contribution in [0.15, 0.2) is 76.4 Å². The predicted octanol–water partition coefficient (Wildman–Crippen LogP) is 3.10. The maximum atomic E-state index is 13.2. The van der Waals surface area contributed by atoms with Crippen molar-refractivity contribution in [1.29, 1.82) is 0 Å². The second-order valence-corrected chi connectivity index (χ2v) is 7.56. The van der Waals surface area contributed by atoms with Gasteiger partial charge in [0.2, 0.25) is 0 Å². The molecular formula is C19H14N2O3S. The van der Waals surface area contributed by atoms with E-state index >= 15 is 0 Å². The van der Waals surface area contributed by atoms with Gasteiger partial charge in [-0.05, 0) is 42.0 Å². The largest absolute Gasteiger partial charge is 0.286 e. The van der Waals surface area contributed by atoms with Gasteiger partial charge in [0.15, 0.2) is 0 Å². The Bertz CT molecular complexity index is 1290. The average molecular weight is 350 g/mol. The van der Waals surface area contributed by atoms with Crippen molar-refractivity contribution in [2.24, 2.45) is 0 Å². The van der Waals surface area contributed by atoms with Crippen LogP contribution in [0.2, 0.25) is 0 Å². The van der Waals surface area contributed by atoms with E-state index in [0.717, 1.165) is 14.7 Å². The molecule has 0 fully saturated rings. The SMILES string of the molecule is Cc1nc2ccccc2n(S(=O)(=O)c2ccc3ccccc3c2)c1=O. The third-order valence-corrected chi connectivity index (χ3v) is 5.83. The van der Waals surface area contributed by atoms with Crippen LogP contribution in [-0.4, -0.2) is 17.4 Å². The first-order chi connectivity index (χ1) is 12.0. The molecule has 4 rings (SSSR count). The molecule has 0 aliphatic carbocycles. The van der Waals surface area contributed by atoms with Crippen molar-refractivity contribution < 1.29 is 8.42 Å². The normalized spacial score (nSPS) is 11.9. The zero-order valence-corrected chi connectivity index (χ0v) is 14.2. The number of fused-ring (bicyclic) bond motifs is 2. The zero-order chi connectivity index (χ0) is 17.6. The molecule has 1 aromatic heterocycles. The summed E-state index contributed by atoms with van der Waals surface area (Å²) in [5, 5.41) is 1.73. The highest BCUT2D eigenvalue weighted by Crippen LogP contribution is 2.22. The van der Waals surface area contributed by atoms with E-state index in [1.165, 1.54) is 13.0 Å². The van der Waals surface area contributed by atoms with E-state index < -0.39 is 15.6 Å². The minimum Gasteiger partial charge on any atom is -0.266 e. The number of nitrogens with zero attached hydrogens (tertiary/aromatic N) is 2. The van der Waals surface area contributed by atoms with Gasteiger partial charge in [-0.15, -0.1) is 0 Å². The Morgan fingerprint density at radius 3 is 2.36 bits per heavy atom. The van der Waals surface area contributed by atoms with Crippen molar-refractivity contribution in [3.05, 3.63) is 82.8 Å². The number of benzene rings is 3. The van der Waals surface area contributed by atoms with Crippen molar-refractivity contribution in [3.8, 4) is 0 Å². The van der Waals surface area contributed by atoms with Crippen LogP contribution in [0.3, 0.4) is 0 Å². The van der Waals surface area contributed by atoms with Gasteiger partial charge in [-0.25, -0.2) is 13.4 Å². The molecule has 0 saturated carbocycles. The van der Waals surface area contributed by atoms with Gasteiger partial charge < -0.3 is 0 Å². The van der Waals surface area contributed by atoms with Gasteiger partial charge in [-0.3, -0.25) is 4.79 Å². The molecule has 124 valence electrons. The molecule has 0 aliphatic heterocycles. The Kier molecular flexibility index (Phi) is 3.43. The minimum atomic E-state index is -4.05. The summed E-state index contributed by atoms with van der Waals surface area (Å²) < 4.78 is 27.2. The monoisotopic (exact) mass is 350 g/mol. The second kappa shape index (κ2) is 5.53. The van der Waals surface area contributed by atoms with Crippen LogP contribution < -0.4 is 5.56 Å². The molecule has 0 unspecified atom stereocenters. The number of para-hydroxylation sites is 2. The first-order valence-electron chi connectivity index (χ1n) is 7.71. The summed E-state index contributed by atoms with van der Waals surface area (Å²) in [6, 6.07) is 19.0. The average Bonchev–Trinajstić information content (AvgIpc) is 2.62. The Labute approximate surface area is 144 Å². The molecule has 0 radical (unpaired) electrons. The molecule has 6 heteroatoms. The Morgan fingerprint density at radius 1 is 0.880 bits per heavy atom. The van der Waals surface area contributed by atoms with E-state index in [1.807, 2.05) is 24.3 Å². The molecule has 0 spiro atoms. The lowest BCUT2D eigenvalue weighted by Gasteiger charge is -2.12. The van der Waals surface area contributed by atoms with Crippen molar-refractivity contribution in [2.45, 2.75) is 11.8 Å². The van der Waals surface area contributed by atoms with E-state index in [1.54, 1.807) is 36.4 Å². The maximum Gasteiger partial charge on any atom is 0.286 e.